The fraction of sp³-hybridized carbons (Fsp3) is 0.395. The first-order valence-corrected chi connectivity index (χ1v) is 16.8. The van der Waals surface area contributed by atoms with E-state index < -0.39 is 59.5 Å². The Kier molecular flexibility index (Phi) is 13.1. The predicted molar refractivity (Wildman–Crippen MR) is 187 cm³/mol. The summed E-state index contributed by atoms with van der Waals surface area (Å²) in [5.74, 6) is -3.37. The lowest BCUT2D eigenvalue weighted by molar-refractivity contribution is -0.133. The Balaban J connectivity index is 1.60. The van der Waals surface area contributed by atoms with Crippen molar-refractivity contribution >= 4 is 29.5 Å². The minimum absolute atomic E-state index is 0.118. The maximum atomic E-state index is 13.7. The smallest absolute Gasteiger partial charge is 0.255 e. The molecule has 0 radical (unpaired) electrons. The van der Waals surface area contributed by atoms with Gasteiger partial charge in [0.25, 0.3) is 5.91 Å². The number of fused-ring (bicyclic) bond motifs is 1. The summed E-state index contributed by atoms with van der Waals surface area (Å²) >= 11 is 0. The topological polar surface area (TPSA) is 155 Å². The summed E-state index contributed by atoms with van der Waals surface area (Å²) in [5, 5.41) is 13.9. The second-order valence-electron chi connectivity index (χ2n) is 13.4. The van der Waals surface area contributed by atoms with Crippen molar-refractivity contribution < 1.29 is 33.1 Å². The van der Waals surface area contributed by atoms with Crippen LogP contribution in [0.2, 0.25) is 0 Å². The van der Waals surface area contributed by atoms with Crippen LogP contribution in [0.1, 0.15) is 62.0 Å². The summed E-state index contributed by atoms with van der Waals surface area (Å²) < 4.78 is 19.5. The molecule has 0 aromatic heterocycles. The lowest BCUT2D eigenvalue weighted by Gasteiger charge is -2.28. The minimum atomic E-state index is -1.33. The highest BCUT2D eigenvalue weighted by Crippen LogP contribution is 2.23. The van der Waals surface area contributed by atoms with Crippen molar-refractivity contribution in [1.82, 2.24) is 26.6 Å². The molecule has 0 aliphatic carbocycles. The van der Waals surface area contributed by atoms with Gasteiger partial charge >= 0.3 is 0 Å². The largest absolute Gasteiger partial charge is 0.493 e. The molecule has 50 heavy (non-hydrogen) atoms. The van der Waals surface area contributed by atoms with Crippen LogP contribution in [0.3, 0.4) is 0 Å². The number of para-hydroxylation sites is 1. The van der Waals surface area contributed by atoms with E-state index in [1.54, 1.807) is 50.2 Å². The number of rotatable bonds is 7. The van der Waals surface area contributed by atoms with Crippen molar-refractivity contribution in [2.45, 2.75) is 70.5 Å². The molecule has 1 aliphatic rings. The van der Waals surface area contributed by atoms with Crippen molar-refractivity contribution in [2.24, 2.45) is 5.92 Å². The highest BCUT2D eigenvalue weighted by atomic mass is 19.1. The Hall–Kier alpha value is -5.26. The van der Waals surface area contributed by atoms with E-state index in [2.05, 4.69) is 26.6 Å². The predicted octanol–water partition coefficient (Wildman–Crippen LogP) is 3.18. The minimum Gasteiger partial charge on any atom is -0.493 e. The summed E-state index contributed by atoms with van der Waals surface area (Å²) in [5.41, 5.74) is 1.16. The molecule has 0 bridgehead atoms. The molecule has 1 aliphatic heterocycles. The number of hydrogen-bond acceptors (Lipinski definition) is 6. The number of ether oxygens (including phenoxy) is 1. The van der Waals surface area contributed by atoms with E-state index in [0.717, 1.165) is 11.1 Å². The van der Waals surface area contributed by atoms with Gasteiger partial charge in [-0.3, -0.25) is 24.0 Å². The standard InChI is InChI=1S/C38H46FN5O6/c1-24(2)33-37(49)43-29(21-25-11-6-5-7-12-25)35(47)40-19-10-20-50-31-14-9-8-13-28(31)34(46)42-30(22-32(45)44-33)36(48)41-23-38(3,4)26-15-17-27(39)18-16-26/h5-9,11-18,24,29-30,33H,10,19-23H2,1-4H3,(H,40,47)(H,41,48)(H,42,46)(H,43,49)(H,44,45)/t29-,30-,33+/m0/s1. The summed E-state index contributed by atoms with van der Waals surface area (Å²) in [7, 11) is 0. The van der Waals surface area contributed by atoms with Crippen LogP contribution in [0.5, 0.6) is 5.75 Å². The van der Waals surface area contributed by atoms with Gasteiger partial charge in [-0.1, -0.05) is 82.3 Å². The third-order valence-electron chi connectivity index (χ3n) is 8.53. The third kappa shape index (κ3) is 10.6. The SMILES string of the molecule is CC(C)[C@H]1NC(=O)C[C@@H](C(=O)NCC(C)(C)c2ccc(F)cc2)NC(=O)c2ccccc2OCCCNC(=O)[C@H](Cc2ccccc2)NC1=O. The molecular weight excluding hydrogens is 641 g/mol. The Morgan fingerprint density at radius 1 is 0.900 bits per heavy atom. The van der Waals surface area contributed by atoms with Crippen molar-refractivity contribution in [2.75, 3.05) is 19.7 Å². The fourth-order valence-electron chi connectivity index (χ4n) is 5.52. The number of hydrogen-bond donors (Lipinski definition) is 5. The zero-order valence-corrected chi connectivity index (χ0v) is 28.9. The van der Waals surface area contributed by atoms with Gasteiger partial charge < -0.3 is 31.3 Å². The molecule has 5 N–H and O–H groups in total. The second kappa shape index (κ2) is 17.4. The highest BCUT2D eigenvalue weighted by Gasteiger charge is 2.32. The molecule has 12 heteroatoms. The lowest BCUT2D eigenvalue weighted by Crippen LogP contribution is -2.57. The molecule has 0 saturated carbocycles. The molecule has 0 spiro atoms. The summed E-state index contributed by atoms with van der Waals surface area (Å²) in [6.07, 6.45) is 0.152. The van der Waals surface area contributed by atoms with Crippen LogP contribution in [-0.2, 0) is 31.0 Å². The molecular formula is C38H46FN5O6. The van der Waals surface area contributed by atoms with Crippen molar-refractivity contribution in [1.29, 1.82) is 0 Å². The molecule has 4 rings (SSSR count). The fourth-order valence-corrected chi connectivity index (χ4v) is 5.52. The van der Waals surface area contributed by atoms with E-state index in [1.807, 2.05) is 44.2 Å². The van der Waals surface area contributed by atoms with Gasteiger partial charge in [0, 0.05) is 24.9 Å². The molecule has 266 valence electrons. The molecule has 3 aromatic rings. The van der Waals surface area contributed by atoms with E-state index in [0.29, 0.717) is 6.42 Å². The molecule has 0 saturated heterocycles. The third-order valence-corrected chi connectivity index (χ3v) is 8.53. The van der Waals surface area contributed by atoms with Crippen LogP contribution in [-0.4, -0.2) is 67.4 Å². The lowest BCUT2D eigenvalue weighted by atomic mass is 9.84. The normalized spacial score (nSPS) is 19.8. The van der Waals surface area contributed by atoms with Gasteiger partial charge in [-0.25, -0.2) is 4.39 Å². The van der Waals surface area contributed by atoms with Crippen molar-refractivity contribution in [3.63, 3.8) is 0 Å². The number of nitrogens with one attached hydrogen (secondary N) is 5. The van der Waals surface area contributed by atoms with Gasteiger partial charge in [0.05, 0.1) is 18.6 Å². The summed E-state index contributed by atoms with van der Waals surface area (Å²) in [6, 6.07) is 18.4. The van der Waals surface area contributed by atoms with Crippen LogP contribution in [0.25, 0.3) is 0 Å². The molecule has 11 nitrogen and oxygen atoms in total. The zero-order valence-electron chi connectivity index (χ0n) is 28.9. The van der Waals surface area contributed by atoms with E-state index in [9.17, 15) is 28.4 Å². The zero-order chi connectivity index (χ0) is 36.3. The molecule has 1 heterocycles. The monoisotopic (exact) mass is 687 g/mol. The maximum Gasteiger partial charge on any atom is 0.255 e. The van der Waals surface area contributed by atoms with Gasteiger partial charge in [0.1, 0.15) is 29.7 Å². The van der Waals surface area contributed by atoms with Gasteiger partial charge in [0.15, 0.2) is 0 Å². The van der Waals surface area contributed by atoms with E-state index in [-0.39, 0.29) is 49.2 Å². The molecule has 5 amide bonds. The Labute approximate surface area is 292 Å². The van der Waals surface area contributed by atoms with Crippen LogP contribution in [0.15, 0.2) is 78.9 Å². The number of amides is 5. The van der Waals surface area contributed by atoms with Crippen molar-refractivity contribution in [3.05, 3.63) is 101 Å². The summed E-state index contributed by atoms with van der Waals surface area (Å²) in [6.45, 7) is 7.79. The Bertz CT molecular complexity index is 1650. The average molecular weight is 688 g/mol. The number of carbonyl (C=O) groups is 5. The molecule has 0 fully saturated rings. The average Bonchev–Trinajstić information content (AvgIpc) is 3.09. The van der Waals surface area contributed by atoms with E-state index in [1.165, 1.54) is 12.1 Å². The molecule has 3 atom stereocenters. The van der Waals surface area contributed by atoms with Gasteiger partial charge in [-0.05, 0) is 47.7 Å². The van der Waals surface area contributed by atoms with Crippen LogP contribution in [0, 0.1) is 11.7 Å². The van der Waals surface area contributed by atoms with Gasteiger partial charge in [-0.15, -0.1) is 0 Å². The number of halogens is 1. The Morgan fingerprint density at radius 3 is 2.28 bits per heavy atom. The van der Waals surface area contributed by atoms with Gasteiger partial charge in [-0.2, -0.15) is 0 Å². The Morgan fingerprint density at radius 2 is 1.58 bits per heavy atom. The van der Waals surface area contributed by atoms with E-state index >= 15 is 0 Å². The van der Waals surface area contributed by atoms with E-state index in [4.69, 9.17) is 4.74 Å². The molecule has 0 unspecified atom stereocenters. The maximum absolute atomic E-state index is 13.7. The first-order valence-electron chi connectivity index (χ1n) is 16.8. The number of benzene rings is 3. The van der Waals surface area contributed by atoms with Crippen LogP contribution >= 0.6 is 0 Å². The summed E-state index contributed by atoms with van der Waals surface area (Å²) in [4.78, 5) is 67.7. The highest BCUT2D eigenvalue weighted by molar-refractivity contribution is 6.01. The second-order valence-corrected chi connectivity index (χ2v) is 13.4. The number of carbonyl (C=O) groups excluding carboxylic acids is 5. The van der Waals surface area contributed by atoms with Crippen molar-refractivity contribution in [3.8, 4) is 5.75 Å². The van der Waals surface area contributed by atoms with Crippen LogP contribution < -0.4 is 31.3 Å². The first-order chi connectivity index (χ1) is 23.8. The quantitative estimate of drug-likeness (QED) is 0.257. The van der Waals surface area contributed by atoms with Gasteiger partial charge in [0.2, 0.25) is 23.6 Å². The van der Waals surface area contributed by atoms with Crippen LogP contribution in [0.4, 0.5) is 4.39 Å². The first kappa shape index (κ1) is 37.6. The molecule has 3 aromatic carbocycles.